The lowest BCUT2D eigenvalue weighted by Crippen LogP contribution is -2.54. The first kappa shape index (κ1) is 105. The highest BCUT2D eigenvalue weighted by atomic mass is 16.6. The Bertz CT molecular complexity index is 4980. The molecule has 35 nitrogen and oxygen atoms in total. The van der Waals surface area contributed by atoms with Gasteiger partial charge >= 0.3 is 65.7 Å². The van der Waals surface area contributed by atoms with E-state index in [0.717, 1.165) is 30.5 Å². The van der Waals surface area contributed by atoms with Crippen molar-refractivity contribution in [3.8, 4) is 22.3 Å². The summed E-state index contributed by atoms with van der Waals surface area (Å²) in [6.07, 6.45) is 4.72. The number of carbonyl (C=O) groups is 12. The fourth-order valence-electron chi connectivity index (χ4n) is 13.5. The number of H-pyrrole nitrogens is 1. The van der Waals surface area contributed by atoms with Crippen molar-refractivity contribution < 1.29 is 137 Å². The quantitative estimate of drug-likeness (QED) is 0.0180. The number of anilines is 2. The standard InChI is InChI=1S/C21H25NO7.C19H21NO6.C19H25NO6.C18H24N2O6.C15H20O5/c1-20(2,3)29-21(18(24)25,19(26)27)12-14-7-9-15(10-8-14)16-6-5-11-22(13-28-4)17(16)23;1-18(2,3)26-19(16(22)23,17(24)25)11-12-6-8-13(9-7-12)14-5-4-10-20-15(14)21;1-18(2,3)26-19(16(22)23,17(24)25)12-13-7-9-14(10-8-13)20-11-5-4-6-15(20)21;1-17(2,3)26-18(14(21)22,15(23)24)11-12-5-7-13(8-6-12)20-10-4-9-19-16(20)25;1-10-6-5-7-11(8-10)9-15(12(16)17,13(18)19)20-14(2,3)4/h5-11H,12-13H2,1-4H3,(H,24,25)(H,26,27);4-10H,11H2,1-3H3,(H,20,21)(H,22,23)(H,24,25);7-10H,4-6,11-12H2,1-3H3,(H,22,23)(H,24,25);5-8H,4,9-11H2,1-3H3,(H,19,25)(H,21,22)(H,23,24);5-8H,9H2,1-4H3,(H,16,17)(H,18,19). The predicted octanol–water partition coefficient (Wildman–Crippen LogP) is 11.3. The maximum absolute atomic E-state index is 12.5. The molecule has 688 valence electrons. The minimum Gasteiger partial charge on any atom is -0.479 e. The number of methoxy groups -OCH3 is 1. The van der Waals surface area contributed by atoms with E-state index in [2.05, 4.69) is 10.3 Å². The van der Waals surface area contributed by atoms with Crippen LogP contribution in [0, 0.1) is 6.92 Å². The van der Waals surface area contributed by atoms with Crippen LogP contribution in [0.1, 0.15) is 163 Å². The normalized spacial score (nSPS) is 13.5. The third kappa shape index (κ3) is 29.4. The van der Waals surface area contributed by atoms with Crippen LogP contribution >= 0.6 is 0 Å². The summed E-state index contributed by atoms with van der Waals surface area (Å²) in [5, 5.41) is 98.0. The molecule has 0 atom stereocenters. The SMILES string of the molecule is CC(C)(C)OC(Cc1ccc(-c2ccc[nH]c2=O)cc1)(C(=O)O)C(=O)O.CC(C)(C)OC(Cc1ccc(N2CCCCC2=O)cc1)(C(=O)O)C(=O)O.CC(C)(C)OC(Cc1ccc(N2CCCNC2=O)cc1)(C(=O)O)C(=O)O.COCn1cccc(-c2ccc(CC(OC(C)(C)C)(C(=O)O)C(=O)O)cc2)c1=O.Cc1cccc(CC(OC(C)(C)C)(C(=O)O)C(=O)O)c1. The lowest BCUT2D eigenvalue weighted by molar-refractivity contribution is -0.200. The Kier molecular flexibility index (Phi) is 35.8. The lowest BCUT2D eigenvalue weighted by atomic mass is 9.92. The average molecular weight is 1770 g/mol. The number of pyridine rings is 2. The van der Waals surface area contributed by atoms with Gasteiger partial charge in [0.1, 0.15) is 6.73 Å². The Morgan fingerprint density at radius 1 is 0.370 bits per heavy atom. The monoisotopic (exact) mass is 1770 g/mol. The molecule has 5 aromatic carbocycles. The summed E-state index contributed by atoms with van der Waals surface area (Å²) >= 11 is 0. The van der Waals surface area contributed by atoms with Crippen LogP contribution in [-0.4, -0.2) is 215 Å². The number of urea groups is 1. The number of carboxylic acids is 10. The zero-order valence-corrected chi connectivity index (χ0v) is 74.2. The van der Waals surface area contributed by atoms with E-state index in [4.69, 9.17) is 28.4 Å². The number of benzene rings is 5. The second-order valence-corrected chi connectivity index (χ2v) is 35.1. The molecule has 0 spiro atoms. The molecule has 0 radical (unpaired) electrons. The number of aliphatic carboxylic acids is 10. The summed E-state index contributed by atoms with van der Waals surface area (Å²) in [5.74, 6) is -15.4. The molecule has 2 saturated heterocycles. The third-order valence-electron chi connectivity index (χ3n) is 18.7. The van der Waals surface area contributed by atoms with Crippen LogP contribution in [0.15, 0.2) is 168 Å². The number of ether oxygens (including phenoxy) is 6. The van der Waals surface area contributed by atoms with Crippen LogP contribution in [0.3, 0.4) is 0 Å². The largest absolute Gasteiger partial charge is 0.479 e. The molecule has 9 rings (SSSR count). The molecule has 0 unspecified atom stereocenters. The van der Waals surface area contributed by atoms with Gasteiger partial charge < -0.3 is 94.7 Å². The number of nitrogens with zero attached hydrogens (tertiary/aromatic N) is 3. The molecule has 0 aliphatic carbocycles. The molecule has 0 saturated carbocycles. The number of aromatic amines is 1. The van der Waals surface area contributed by atoms with Gasteiger partial charge in [-0.25, -0.2) is 52.7 Å². The topological polar surface area (TPSA) is 536 Å². The second-order valence-electron chi connectivity index (χ2n) is 35.1. The number of amides is 3. The Morgan fingerprint density at radius 3 is 1.01 bits per heavy atom. The Hall–Kier alpha value is -12.8. The Balaban J connectivity index is 0.000000283. The number of aryl methyl sites for hydroxylation is 1. The fraction of sp³-hybridized carbons (Fsp3) is 0.435. The van der Waals surface area contributed by atoms with E-state index in [1.165, 1.54) is 17.9 Å². The lowest BCUT2D eigenvalue weighted by Gasteiger charge is -2.33. The van der Waals surface area contributed by atoms with E-state index in [9.17, 15) is 118 Å². The van der Waals surface area contributed by atoms with E-state index >= 15 is 0 Å². The molecule has 127 heavy (non-hydrogen) atoms. The van der Waals surface area contributed by atoms with Gasteiger partial charge in [0.15, 0.2) is 0 Å². The van der Waals surface area contributed by atoms with Crippen molar-refractivity contribution >= 4 is 83.0 Å². The summed E-state index contributed by atoms with van der Waals surface area (Å²) in [7, 11) is 1.49. The van der Waals surface area contributed by atoms with Gasteiger partial charge in [-0.15, -0.1) is 0 Å². The van der Waals surface area contributed by atoms with E-state index < -0.39 is 116 Å². The highest BCUT2D eigenvalue weighted by molar-refractivity contribution is 6.05. The van der Waals surface area contributed by atoms with Crippen LogP contribution in [0.2, 0.25) is 0 Å². The first-order chi connectivity index (χ1) is 58.7. The first-order valence-electron chi connectivity index (χ1n) is 40.2. The summed E-state index contributed by atoms with van der Waals surface area (Å²) in [5.41, 5.74) is -10.0. The molecule has 4 heterocycles. The Labute approximate surface area is 733 Å². The van der Waals surface area contributed by atoms with Gasteiger partial charge in [0.25, 0.3) is 39.1 Å². The number of hydrogen-bond acceptors (Lipinski definition) is 20. The smallest absolute Gasteiger partial charge is 0.348 e. The van der Waals surface area contributed by atoms with Crippen LogP contribution < -0.4 is 26.2 Å². The molecule has 0 bridgehead atoms. The first-order valence-corrected chi connectivity index (χ1v) is 40.2. The summed E-state index contributed by atoms with van der Waals surface area (Å²) in [6, 6.07) is 39.9. The molecule has 3 amide bonds. The summed E-state index contributed by atoms with van der Waals surface area (Å²) in [6.45, 7) is 28.0. The maximum Gasteiger partial charge on any atom is 0.348 e. The minimum atomic E-state index is -2.42. The van der Waals surface area contributed by atoms with Crippen LogP contribution in [0.4, 0.5) is 16.2 Å². The van der Waals surface area contributed by atoms with Gasteiger partial charge in [0.05, 0.1) is 28.0 Å². The van der Waals surface area contributed by atoms with Crippen molar-refractivity contribution in [3.63, 3.8) is 0 Å². The van der Waals surface area contributed by atoms with Gasteiger partial charge in [-0.05, 0) is 218 Å². The maximum atomic E-state index is 12.5. The molecule has 2 fully saturated rings. The molecular formula is C92H115N5O30. The van der Waals surface area contributed by atoms with Crippen LogP contribution in [-0.2, 0) is 120 Å². The number of carbonyl (C=O) groups excluding carboxylic acids is 2. The van der Waals surface area contributed by atoms with Crippen molar-refractivity contribution in [1.82, 2.24) is 14.9 Å². The highest BCUT2D eigenvalue weighted by Crippen LogP contribution is 2.34. The zero-order chi connectivity index (χ0) is 96.0. The molecule has 12 N–H and O–H groups in total. The molecule has 2 aromatic heterocycles. The fourth-order valence-corrected chi connectivity index (χ4v) is 13.5. The van der Waals surface area contributed by atoms with E-state index in [1.54, 1.807) is 259 Å². The molecule has 2 aliphatic heterocycles. The minimum absolute atomic E-state index is 0.0606. The number of hydrogen-bond donors (Lipinski definition) is 12. The van der Waals surface area contributed by atoms with Crippen molar-refractivity contribution in [3.05, 3.63) is 212 Å². The predicted molar refractivity (Wildman–Crippen MR) is 464 cm³/mol. The average Bonchev–Trinajstić information content (AvgIpc) is 0.806. The van der Waals surface area contributed by atoms with E-state index in [-0.39, 0.29) is 61.9 Å². The molecule has 35 heteroatoms. The second kappa shape index (κ2) is 43.4. The molecule has 7 aromatic rings. The molecular weight excluding hydrogens is 1660 g/mol. The number of piperidine rings is 1. The number of nitrogens with one attached hydrogen (secondary N) is 2. The summed E-state index contributed by atoms with van der Waals surface area (Å²) < 4.78 is 33.6. The van der Waals surface area contributed by atoms with Crippen molar-refractivity contribution in [2.75, 3.05) is 36.5 Å². The van der Waals surface area contributed by atoms with Crippen molar-refractivity contribution in [2.45, 2.75) is 231 Å². The van der Waals surface area contributed by atoms with Gasteiger partial charge in [-0.2, -0.15) is 0 Å². The third-order valence-corrected chi connectivity index (χ3v) is 18.7. The van der Waals surface area contributed by atoms with Gasteiger partial charge in [-0.3, -0.25) is 23.9 Å². The van der Waals surface area contributed by atoms with Crippen LogP contribution in [0.5, 0.6) is 0 Å². The van der Waals surface area contributed by atoms with Crippen molar-refractivity contribution in [2.24, 2.45) is 0 Å². The number of carboxylic acid groups (broad SMARTS) is 10. The highest BCUT2D eigenvalue weighted by Gasteiger charge is 2.55. The van der Waals surface area contributed by atoms with Gasteiger partial charge in [-0.1, -0.05) is 103 Å². The number of rotatable bonds is 31. The van der Waals surface area contributed by atoms with E-state index in [1.807, 2.05) is 13.0 Å². The Morgan fingerprint density at radius 2 is 0.693 bits per heavy atom. The van der Waals surface area contributed by atoms with Crippen molar-refractivity contribution in [1.29, 1.82) is 0 Å². The number of aromatic nitrogens is 2. The van der Waals surface area contributed by atoms with Gasteiger partial charge in [0, 0.05) is 100 Å². The summed E-state index contributed by atoms with van der Waals surface area (Å²) in [4.78, 5) is 171. The van der Waals surface area contributed by atoms with Gasteiger partial charge in [0.2, 0.25) is 5.91 Å². The van der Waals surface area contributed by atoms with E-state index in [0.29, 0.717) is 81.8 Å². The van der Waals surface area contributed by atoms with Crippen LogP contribution in [0.25, 0.3) is 22.3 Å². The molecule has 2 aliphatic rings. The zero-order valence-electron chi connectivity index (χ0n) is 74.2.